The number of anilines is 2. The van der Waals surface area contributed by atoms with Crippen molar-refractivity contribution in [2.45, 2.75) is 11.4 Å². The molecule has 8 nitrogen and oxygen atoms in total. The van der Waals surface area contributed by atoms with Crippen molar-refractivity contribution < 1.29 is 17.9 Å². The second-order valence-electron chi connectivity index (χ2n) is 8.39. The van der Waals surface area contributed by atoms with Crippen LogP contribution in [0, 0.1) is 0 Å². The van der Waals surface area contributed by atoms with E-state index in [-0.39, 0.29) is 17.3 Å². The summed E-state index contributed by atoms with van der Waals surface area (Å²) < 4.78 is 33.9. The fourth-order valence-corrected chi connectivity index (χ4v) is 6.13. The van der Waals surface area contributed by atoms with Crippen LogP contribution in [-0.4, -0.2) is 38.5 Å². The SMILES string of the molecule is COc1cccc2sc(N(Cc3cccnc3)C(=O)c3ccc(S(=O)(=O)N(C)c4ccccc4)cc3)nc12. The number of fused-ring (bicyclic) bond motifs is 1. The first-order valence-electron chi connectivity index (χ1n) is 11.7. The van der Waals surface area contributed by atoms with Crippen molar-refractivity contribution in [3.8, 4) is 5.75 Å². The van der Waals surface area contributed by atoms with Gasteiger partial charge in [-0.1, -0.05) is 41.7 Å². The van der Waals surface area contributed by atoms with Gasteiger partial charge in [-0.2, -0.15) is 0 Å². The van der Waals surface area contributed by atoms with E-state index in [1.165, 1.54) is 47.0 Å². The van der Waals surface area contributed by atoms with Crippen LogP contribution in [0.25, 0.3) is 10.2 Å². The number of amides is 1. The molecule has 10 heteroatoms. The number of methoxy groups -OCH3 is 1. The van der Waals surface area contributed by atoms with Gasteiger partial charge in [-0.3, -0.25) is 19.0 Å². The molecule has 0 saturated heterocycles. The molecular weight excluding hydrogens is 520 g/mol. The molecule has 192 valence electrons. The zero-order chi connectivity index (χ0) is 26.7. The maximum Gasteiger partial charge on any atom is 0.264 e. The van der Waals surface area contributed by atoms with E-state index in [0.29, 0.717) is 27.6 Å². The molecule has 0 aliphatic heterocycles. The molecule has 0 unspecified atom stereocenters. The molecule has 0 N–H and O–H groups in total. The van der Waals surface area contributed by atoms with Crippen LogP contribution in [0.15, 0.2) is 102 Å². The number of para-hydroxylation sites is 2. The molecule has 0 aliphatic rings. The van der Waals surface area contributed by atoms with E-state index in [1.807, 2.05) is 36.4 Å². The van der Waals surface area contributed by atoms with Gasteiger partial charge in [-0.15, -0.1) is 0 Å². The Balaban J connectivity index is 1.49. The zero-order valence-electron chi connectivity index (χ0n) is 20.7. The fourth-order valence-electron chi connectivity index (χ4n) is 3.95. The maximum atomic E-state index is 13.8. The monoisotopic (exact) mass is 544 g/mol. The van der Waals surface area contributed by atoms with E-state index in [1.54, 1.807) is 48.7 Å². The van der Waals surface area contributed by atoms with Gasteiger partial charge < -0.3 is 4.74 Å². The number of pyridine rings is 1. The third-order valence-electron chi connectivity index (χ3n) is 6.01. The lowest BCUT2D eigenvalue weighted by Gasteiger charge is -2.21. The topological polar surface area (TPSA) is 92.7 Å². The predicted octanol–water partition coefficient (Wildman–Crippen LogP) is 5.37. The van der Waals surface area contributed by atoms with Crippen molar-refractivity contribution in [2.24, 2.45) is 0 Å². The standard InChI is InChI=1S/C28H24N4O4S2/c1-31(22-9-4-3-5-10-22)38(34,35)23-15-13-21(14-16-23)27(33)32(19-20-8-7-17-29-18-20)28-30-26-24(36-2)11-6-12-25(26)37-28/h3-18H,19H2,1-2H3. The lowest BCUT2D eigenvalue weighted by molar-refractivity contribution is 0.0985. The molecule has 38 heavy (non-hydrogen) atoms. The van der Waals surface area contributed by atoms with Crippen LogP contribution < -0.4 is 13.9 Å². The number of sulfonamides is 1. The van der Waals surface area contributed by atoms with Gasteiger partial charge in [0.2, 0.25) is 0 Å². The van der Waals surface area contributed by atoms with Crippen molar-refractivity contribution >= 4 is 48.3 Å². The molecule has 0 atom stereocenters. The highest BCUT2D eigenvalue weighted by atomic mass is 32.2. The molecule has 0 radical (unpaired) electrons. The summed E-state index contributed by atoms with van der Waals surface area (Å²) in [4.78, 5) is 24.3. The predicted molar refractivity (Wildman–Crippen MR) is 149 cm³/mol. The normalized spacial score (nSPS) is 11.3. The second-order valence-corrected chi connectivity index (χ2v) is 11.4. The van der Waals surface area contributed by atoms with Gasteiger partial charge in [-0.05, 0) is 60.2 Å². The Morgan fingerprint density at radius 1 is 0.947 bits per heavy atom. The van der Waals surface area contributed by atoms with Gasteiger partial charge in [0.1, 0.15) is 11.3 Å². The molecule has 2 heterocycles. The Hall–Kier alpha value is -4.28. The molecule has 2 aromatic heterocycles. The molecule has 5 rings (SSSR count). The van der Waals surface area contributed by atoms with Crippen molar-refractivity contribution in [1.29, 1.82) is 0 Å². The number of nitrogens with zero attached hydrogens (tertiary/aromatic N) is 4. The average molecular weight is 545 g/mol. The Labute approximate surface area is 224 Å². The van der Waals surface area contributed by atoms with Crippen LogP contribution in [0.4, 0.5) is 10.8 Å². The summed E-state index contributed by atoms with van der Waals surface area (Å²) in [5.74, 6) is 0.308. The number of carbonyl (C=O) groups excluding carboxylic acids is 1. The maximum absolute atomic E-state index is 13.8. The number of aromatic nitrogens is 2. The first-order valence-corrected chi connectivity index (χ1v) is 13.9. The highest BCUT2D eigenvalue weighted by Gasteiger charge is 2.25. The summed E-state index contributed by atoms with van der Waals surface area (Å²) in [7, 11) is -0.723. The summed E-state index contributed by atoms with van der Waals surface area (Å²) in [6.45, 7) is 0.242. The first kappa shape index (κ1) is 25.4. The van der Waals surface area contributed by atoms with Crippen LogP contribution in [0.5, 0.6) is 5.75 Å². The van der Waals surface area contributed by atoms with E-state index >= 15 is 0 Å². The van der Waals surface area contributed by atoms with Gasteiger partial charge in [0.25, 0.3) is 15.9 Å². The highest BCUT2D eigenvalue weighted by molar-refractivity contribution is 7.92. The molecule has 3 aromatic carbocycles. The molecule has 0 spiro atoms. The van der Waals surface area contributed by atoms with Crippen molar-refractivity contribution in [3.05, 3.63) is 108 Å². The smallest absolute Gasteiger partial charge is 0.264 e. The fraction of sp³-hybridized carbons (Fsp3) is 0.107. The Kier molecular flexibility index (Phi) is 7.08. The average Bonchev–Trinajstić information content (AvgIpc) is 3.40. The van der Waals surface area contributed by atoms with E-state index in [9.17, 15) is 13.2 Å². The lowest BCUT2D eigenvalue weighted by Crippen LogP contribution is -2.30. The summed E-state index contributed by atoms with van der Waals surface area (Å²) in [5.41, 5.74) is 2.38. The Bertz CT molecular complexity index is 1670. The quantitative estimate of drug-likeness (QED) is 0.261. The molecular formula is C28H24N4O4S2. The highest BCUT2D eigenvalue weighted by Crippen LogP contribution is 2.35. The van der Waals surface area contributed by atoms with E-state index < -0.39 is 10.0 Å². The van der Waals surface area contributed by atoms with Crippen LogP contribution >= 0.6 is 11.3 Å². The Morgan fingerprint density at radius 2 is 1.71 bits per heavy atom. The van der Waals surface area contributed by atoms with Gasteiger partial charge in [0, 0.05) is 25.0 Å². The Morgan fingerprint density at radius 3 is 2.39 bits per heavy atom. The van der Waals surface area contributed by atoms with Crippen LogP contribution in [-0.2, 0) is 16.6 Å². The largest absolute Gasteiger partial charge is 0.494 e. The number of benzene rings is 3. The van der Waals surface area contributed by atoms with Crippen molar-refractivity contribution in [2.75, 3.05) is 23.4 Å². The summed E-state index contributed by atoms with van der Waals surface area (Å²) in [6.07, 6.45) is 3.37. The minimum atomic E-state index is -3.80. The third-order valence-corrected chi connectivity index (χ3v) is 8.85. The number of carbonyl (C=O) groups is 1. The third kappa shape index (κ3) is 4.96. The molecule has 1 amide bonds. The first-order chi connectivity index (χ1) is 18.4. The summed E-state index contributed by atoms with van der Waals surface area (Å²) >= 11 is 1.38. The second kappa shape index (κ2) is 10.6. The molecule has 0 fully saturated rings. The minimum absolute atomic E-state index is 0.0870. The molecule has 0 bridgehead atoms. The number of ether oxygens (including phenoxy) is 1. The van der Waals surface area contributed by atoms with E-state index in [2.05, 4.69) is 4.98 Å². The zero-order valence-corrected chi connectivity index (χ0v) is 22.3. The number of thiazole rings is 1. The van der Waals surface area contributed by atoms with E-state index in [0.717, 1.165) is 10.3 Å². The minimum Gasteiger partial charge on any atom is -0.494 e. The molecule has 0 saturated carbocycles. The number of hydrogen-bond acceptors (Lipinski definition) is 7. The molecule has 0 aliphatic carbocycles. The van der Waals surface area contributed by atoms with Gasteiger partial charge in [-0.25, -0.2) is 13.4 Å². The summed E-state index contributed by atoms with van der Waals surface area (Å²) in [6, 6.07) is 24.1. The van der Waals surface area contributed by atoms with E-state index in [4.69, 9.17) is 9.72 Å². The van der Waals surface area contributed by atoms with Gasteiger partial charge in [0.15, 0.2) is 5.13 Å². The summed E-state index contributed by atoms with van der Waals surface area (Å²) in [5, 5.41) is 0.499. The van der Waals surface area contributed by atoms with Crippen LogP contribution in [0.3, 0.4) is 0 Å². The number of hydrogen-bond donors (Lipinski definition) is 0. The van der Waals surface area contributed by atoms with Crippen LogP contribution in [0.2, 0.25) is 0 Å². The van der Waals surface area contributed by atoms with Crippen LogP contribution in [0.1, 0.15) is 15.9 Å². The van der Waals surface area contributed by atoms with Crippen molar-refractivity contribution in [3.63, 3.8) is 0 Å². The lowest BCUT2D eigenvalue weighted by atomic mass is 10.2. The van der Waals surface area contributed by atoms with Gasteiger partial charge >= 0.3 is 0 Å². The number of rotatable bonds is 8. The van der Waals surface area contributed by atoms with Gasteiger partial charge in [0.05, 0.1) is 28.9 Å². The van der Waals surface area contributed by atoms with Crippen molar-refractivity contribution in [1.82, 2.24) is 9.97 Å². The molecule has 5 aromatic rings.